The fourth-order valence-electron chi connectivity index (χ4n) is 3.88. The number of halogens is 2. The monoisotopic (exact) mass is 588 g/mol. The number of carboxylic acids is 1. The number of aromatic carboxylic acids is 1. The summed E-state index contributed by atoms with van der Waals surface area (Å²) in [5, 5.41) is 13.1. The standard InChI is InChI=1S/C19H15BrO.C11H7BrO2/c20-19-16-9-5-4-8-15(16)11-12-17(19)18(21)13-10-14-6-2-1-3-7-14;12-10-8-4-2-1-3-7(8)5-6-9(10)11(13)14/h1-9,11-12H,10,13H2;1-6H,(H,13,14). The van der Waals surface area contributed by atoms with Gasteiger partial charge in [0.25, 0.3) is 0 Å². The van der Waals surface area contributed by atoms with Crippen molar-refractivity contribution in [3.8, 4) is 0 Å². The first-order valence-electron chi connectivity index (χ1n) is 11.1. The minimum atomic E-state index is -0.914. The molecule has 0 heterocycles. The molecule has 0 saturated heterocycles. The quantitative estimate of drug-likeness (QED) is 0.209. The molecule has 0 spiro atoms. The lowest BCUT2D eigenvalue weighted by Gasteiger charge is -2.07. The van der Waals surface area contributed by atoms with Crippen molar-refractivity contribution < 1.29 is 14.7 Å². The Morgan fingerprint density at radius 1 is 0.600 bits per heavy atom. The summed E-state index contributed by atoms with van der Waals surface area (Å²) in [7, 11) is 0. The van der Waals surface area contributed by atoms with Gasteiger partial charge in [-0.3, -0.25) is 4.79 Å². The summed E-state index contributed by atoms with van der Waals surface area (Å²) in [6.45, 7) is 0. The molecule has 3 nitrogen and oxygen atoms in total. The van der Waals surface area contributed by atoms with E-state index >= 15 is 0 Å². The van der Waals surface area contributed by atoms with Crippen molar-refractivity contribution in [1.29, 1.82) is 0 Å². The summed E-state index contributed by atoms with van der Waals surface area (Å²) >= 11 is 6.89. The lowest BCUT2D eigenvalue weighted by Crippen LogP contribution is -2.02. The highest BCUT2D eigenvalue weighted by Gasteiger charge is 2.13. The van der Waals surface area contributed by atoms with E-state index in [-0.39, 0.29) is 5.78 Å². The maximum atomic E-state index is 12.5. The normalized spacial score (nSPS) is 10.6. The third-order valence-electron chi connectivity index (χ3n) is 5.74. The van der Waals surface area contributed by atoms with Crippen LogP contribution in [0.25, 0.3) is 21.5 Å². The van der Waals surface area contributed by atoms with Crippen LogP contribution in [0.15, 0.2) is 112 Å². The van der Waals surface area contributed by atoms with Gasteiger partial charge in [-0.1, -0.05) is 91.0 Å². The van der Waals surface area contributed by atoms with Gasteiger partial charge in [-0.2, -0.15) is 0 Å². The molecule has 0 aliphatic carbocycles. The summed E-state index contributed by atoms with van der Waals surface area (Å²) in [4.78, 5) is 23.3. The Hall–Kier alpha value is -3.28. The molecule has 174 valence electrons. The number of benzene rings is 5. The first kappa shape index (κ1) is 24.8. The Morgan fingerprint density at radius 3 is 1.66 bits per heavy atom. The predicted molar refractivity (Wildman–Crippen MR) is 149 cm³/mol. The van der Waals surface area contributed by atoms with E-state index in [4.69, 9.17) is 5.11 Å². The van der Waals surface area contributed by atoms with Crippen molar-refractivity contribution >= 4 is 65.2 Å². The van der Waals surface area contributed by atoms with E-state index in [1.165, 1.54) is 5.56 Å². The van der Waals surface area contributed by atoms with E-state index in [0.717, 1.165) is 38.0 Å². The molecule has 0 radical (unpaired) electrons. The highest BCUT2D eigenvalue weighted by molar-refractivity contribution is 9.11. The van der Waals surface area contributed by atoms with Crippen LogP contribution in [0, 0.1) is 0 Å². The van der Waals surface area contributed by atoms with Crippen LogP contribution in [0.4, 0.5) is 0 Å². The molecule has 0 amide bonds. The number of rotatable bonds is 5. The van der Waals surface area contributed by atoms with E-state index in [9.17, 15) is 9.59 Å². The van der Waals surface area contributed by atoms with Crippen LogP contribution in [0.5, 0.6) is 0 Å². The van der Waals surface area contributed by atoms with Crippen LogP contribution in [0.2, 0.25) is 0 Å². The maximum Gasteiger partial charge on any atom is 0.336 e. The first-order chi connectivity index (χ1) is 17.0. The number of carbonyl (C=O) groups is 2. The molecule has 1 N–H and O–H groups in total. The number of hydrogen-bond donors (Lipinski definition) is 1. The first-order valence-corrected chi connectivity index (χ1v) is 12.7. The second kappa shape index (κ2) is 11.4. The summed E-state index contributed by atoms with van der Waals surface area (Å²) < 4.78 is 1.54. The second-order valence-corrected chi connectivity index (χ2v) is 9.60. The molecule has 5 heteroatoms. The number of Topliss-reactive ketones (excluding diaryl/α,β-unsaturated/α-hetero) is 1. The van der Waals surface area contributed by atoms with E-state index in [0.29, 0.717) is 16.5 Å². The highest BCUT2D eigenvalue weighted by atomic mass is 79.9. The Balaban J connectivity index is 0.000000179. The lowest BCUT2D eigenvalue weighted by molar-refractivity contribution is 0.0696. The number of hydrogen-bond acceptors (Lipinski definition) is 2. The Morgan fingerprint density at radius 2 is 1.09 bits per heavy atom. The van der Waals surface area contributed by atoms with Crippen LogP contribution < -0.4 is 0 Å². The van der Waals surface area contributed by atoms with Gasteiger partial charge in [0.2, 0.25) is 0 Å². The molecule has 0 unspecified atom stereocenters. The smallest absolute Gasteiger partial charge is 0.336 e. The molecular formula is C30H22Br2O3. The zero-order chi connectivity index (χ0) is 24.8. The minimum absolute atomic E-state index is 0.177. The molecule has 0 aliphatic rings. The van der Waals surface area contributed by atoms with Crippen molar-refractivity contribution in [3.05, 3.63) is 129 Å². The molecule has 0 saturated carbocycles. The van der Waals surface area contributed by atoms with Gasteiger partial charge >= 0.3 is 5.97 Å². The number of aryl methyl sites for hydroxylation is 1. The van der Waals surface area contributed by atoms with Gasteiger partial charge in [-0.05, 0) is 77.5 Å². The molecule has 5 rings (SSSR count). The average Bonchev–Trinajstić information content (AvgIpc) is 2.89. The lowest BCUT2D eigenvalue weighted by atomic mass is 10.00. The number of carboxylic acid groups (broad SMARTS) is 1. The molecule has 0 fully saturated rings. The van der Waals surface area contributed by atoms with E-state index in [1.54, 1.807) is 6.07 Å². The molecule has 0 aromatic heterocycles. The van der Waals surface area contributed by atoms with Crippen molar-refractivity contribution in [2.75, 3.05) is 0 Å². The topological polar surface area (TPSA) is 54.4 Å². The molecule has 0 atom stereocenters. The Kier molecular flexibility index (Phi) is 8.11. The number of fused-ring (bicyclic) bond motifs is 2. The van der Waals surface area contributed by atoms with E-state index in [1.807, 2.05) is 78.9 Å². The number of carbonyl (C=O) groups excluding carboxylic acids is 1. The zero-order valence-electron chi connectivity index (χ0n) is 18.7. The maximum absolute atomic E-state index is 12.5. The van der Waals surface area contributed by atoms with Crippen molar-refractivity contribution in [2.24, 2.45) is 0 Å². The fraction of sp³-hybridized carbons (Fsp3) is 0.0667. The largest absolute Gasteiger partial charge is 0.478 e. The SMILES string of the molecule is O=C(CCc1ccccc1)c1ccc2ccccc2c1Br.O=C(O)c1ccc2ccccc2c1Br. The molecule has 5 aromatic carbocycles. The molecule has 0 aliphatic heterocycles. The summed E-state index contributed by atoms with van der Waals surface area (Å²) in [5.74, 6) is -0.737. The summed E-state index contributed by atoms with van der Waals surface area (Å²) in [6.07, 6.45) is 1.31. The van der Waals surface area contributed by atoms with Gasteiger partial charge in [0.15, 0.2) is 5.78 Å². The van der Waals surface area contributed by atoms with Gasteiger partial charge in [0.05, 0.1) is 5.56 Å². The summed E-state index contributed by atoms with van der Waals surface area (Å²) in [6, 6.07) is 33.2. The van der Waals surface area contributed by atoms with Crippen LogP contribution in [-0.4, -0.2) is 16.9 Å². The Bertz CT molecular complexity index is 1510. The minimum Gasteiger partial charge on any atom is -0.478 e. The third-order valence-corrected chi connectivity index (χ3v) is 7.45. The molecule has 35 heavy (non-hydrogen) atoms. The van der Waals surface area contributed by atoms with Gasteiger partial charge in [0.1, 0.15) is 0 Å². The van der Waals surface area contributed by atoms with Crippen molar-refractivity contribution in [1.82, 2.24) is 0 Å². The molecule has 5 aromatic rings. The van der Waals surface area contributed by atoms with Crippen LogP contribution in [-0.2, 0) is 6.42 Å². The zero-order valence-corrected chi connectivity index (χ0v) is 21.9. The predicted octanol–water partition coefficient (Wildman–Crippen LogP) is 8.72. The highest BCUT2D eigenvalue weighted by Crippen LogP contribution is 2.29. The second-order valence-electron chi connectivity index (χ2n) is 8.01. The van der Waals surface area contributed by atoms with Crippen LogP contribution >= 0.6 is 31.9 Å². The van der Waals surface area contributed by atoms with Gasteiger partial charge in [0, 0.05) is 20.9 Å². The third kappa shape index (κ3) is 5.87. The van der Waals surface area contributed by atoms with Gasteiger partial charge in [-0.15, -0.1) is 0 Å². The van der Waals surface area contributed by atoms with E-state index < -0.39 is 5.97 Å². The van der Waals surface area contributed by atoms with Crippen LogP contribution in [0.3, 0.4) is 0 Å². The fourth-order valence-corrected chi connectivity index (χ4v) is 5.26. The number of ketones is 1. The van der Waals surface area contributed by atoms with E-state index in [2.05, 4.69) is 50.1 Å². The molecular weight excluding hydrogens is 568 g/mol. The average molecular weight is 590 g/mol. The summed E-state index contributed by atoms with van der Waals surface area (Å²) in [5.41, 5.74) is 2.26. The van der Waals surface area contributed by atoms with Crippen molar-refractivity contribution in [3.63, 3.8) is 0 Å². The van der Waals surface area contributed by atoms with Gasteiger partial charge in [-0.25, -0.2) is 4.79 Å². The van der Waals surface area contributed by atoms with Gasteiger partial charge < -0.3 is 5.11 Å². The van der Waals surface area contributed by atoms with Crippen molar-refractivity contribution in [2.45, 2.75) is 12.8 Å². The Labute approximate surface area is 220 Å². The van der Waals surface area contributed by atoms with Crippen LogP contribution in [0.1, 0.15) is 32.7 Å². The molecule has 0 bridgehead atoms.